The quantitative estimate of drug-likeness (QED) is 0.658. The lowest BCUT2D eigenvalue weighted by molar-refractivity contribution is -0.384. The second-order valence-corrected chi connectivity index (χ2v) is 5.14. The molecule has 21 heavy (non-hydrogen) atoms. The predicted molar refractivity (Wildman–Crippen MR) is 75.3 cm³/mol. The number of benzene rings is 1. The van der Waals surface area contributed by atoms with Crippen LogP contribution < -0.4 is 4.90 Å². The number of carboxylic acid groups (broad SMARTS) is 1. The molecule has 2 N–H and O–H groups in total. The maximum absolute atomic E-state index is 11.1. The number of hydrogen-bond donors (Lipinski definition) is 2. The highest BCUT2D eigenvalue weighted by Crippen LogP contribution is 2.25. The van der Waals surface area contributed by atoms with Gasteiger partial charge in [0.05, 0.1) is 21.9 Å². The van der Waals surface area contributed by atoms with E-state index in [9.17, 15) is 14.9 Å². The summed E-state index contributed by atoms with van der Waals surface area (Å²) in [7, 11) is 0. The third-order valence-electron chi connectivity index (χ3n) is 3.73. The average molecular weight is 290 g/mol. The molecule has 8 nitrogen and oxygen atoms in total. The van der Waals surface area contributed by atoms with Gasteiger partial charge in [-0.1, -0.05) is 0 Å². The zero-order valence-electron chi connectivity index (χ0n) is 11.2. The number of rotatable bonds is 3. The van der Waals surface area contributed by atoms with Gasteiger partial charge in [0.2, 0.25) is 5.95 Å². The topological polar surface area (TPSA) is 112 Å². The molecule has 1 atom stereocenters. The van der Waals surface area contributed by atoms with Crippen molar-refractivity contribution in [3.05, 3.63) is 28.3 Å². The van der Waals surface area contributed by atoms with Crippen LogP contribution in [0.5, 0.6) is 0 Å². The Bertz CT molecular complexity index is 711. The van der Waals surface area contributed by atoms with Crippen LogP contribution in [0.15, 0.2) is 18.2 Å². The summed E-state index contributed by atoms with van der Waals surface area (Å²) in [6.07, 6.45) is 1.45. The molecule has 1 aromatic carbocycles. The summed E-state index contributed by atoms with van der Waals surface area (Å²) < 4.78 is 0. The van der Waals surface area contributed by atoms with Crippen LogP contribution in [0.1, 0.15) is 12.8 Å². The number of aliphatic carboxylic acids is 1. The van der Waals surface area contributed by atoms with Gasteiger partial charge in [-0.05, 0) is 18.9 Å². The fourth-order valence-electron chi connectivity index (χ4n) is 2.62. The van der Waals surface area contributed by atoms with Crippen molar-refractivity contribution >= 4 is 28.6 Å². The van der Waals surface area contributed by atoms with Crippen molar-refractivity contribution < 1.29 is 14.8 Å². The predicted octanol–water partition coefficient (Wildman–Crippen LogP) is 1.77. The fraction of sp³-hybridized carbons (Fsp3) is 0.385. The summed E-state index contributed by atoms with van der Waals surface area (Å²) in [5.74, 6) is -0.635. The summed E-state index contributed by atoms with van der Waals surface area (Å²) in [6, 6.07) is 4.43. The van der Waals surface area contributed by atoms with E-state index in [0.717, 1.165) is 13.0 Å². The van der Waals surface area contributed by atoms with Crippen molar-refractivity contribution in [3.63, 3.8) is 0 Å². The number of anilines is 1. The van der Waals surface area contributed by atoms with Crippen LogP contribution in [0.2, 0.25) is 0 Å². The molecule has 1 saturated heterocycles. The Morgan fingerprint density at radius 2 is 2.33 bits per heavy atom. The molecule has 2 aromatic rings. The molecule has 0 amide bonds. The highest BCUT2D eigenvalue weighted by atomic mass is 16.6. The van der Waals surface area contributed by atoms with Crippen molar-refractivity contribution in [3.8, 4) is 0 Å². The number of carbonyl (C=O) groups is 1. The van der Waals surface area contributed by atoms with E-state index < -0.39 is 16.8 Å². The molecule has 0 spiro atoms. The lowest BCUT2D eigenvalue weighted by Crippen LogP contribution is -2.39. The van der Waals surface area contributed by atoms with E-state index in [1.54, 1.807) is 6.07 Å². The number of nitro groups is 1. The first-order valence-corrected chi connectivity index (χ1v) is 6.66. The monoisotopic (exact) mass is 290 g/mol. The van der Waals surface area contributed by atoms with Gasteiger partial charge >= 0.3 is 5.97 Å². The van der Waals surface area contributed by atoms with Crippen molar-refractivity contribution in [1.29, 1.82) is 0 Å². The lowest BCUT2D eigenvalue weighted by atomic mass is 9.99. The number of hydrogen-bond acceptors (Lipinski definition) is 5. The van der Waals surface area contributed by atoms with E-state index in [1.165, 1.54) is 12.1 Å². The Labute approximate surface area is 119 Å². The second kappa shape index (κ2) is 5.04. The van der Waals surface area contributed by atoms with Crippen LogP contribution in [-0.4, -0.2) is 39.1 Å². The Balaban J connectivity index is 1.90. The minimum absolute atomic E-state index is 0.000225. The summed E-state index contributed by atoms with van der Waals surface area (Å²) in [6.45, 7) is 1.13. The first-order chi connectivity index (χ1) is 10.0. The zero-order valence-corrected chi connectivity index (χ0v) is 11.2. The van der Waals surface area contributed by atoms with Gasteiger partial charge in [-0.25, -0.2) is 4.98 Å². The molecule has 0 bridgehead atoms. The molecule has 110 valence electrons. The first kappa shape index (κ1) is 13.3. The number of imidazole rings is 1. The molecule has 3 rings (SSSR count). The summed E-state index contributed by atoms with van der Waals surface area (Å²) in [5, 5.41) is 19.9. The number of piperidine rings is 1. The van der Waals surface area contributed by atoms with Gasteiger partial charge in [0.15, 0.2) is 0 Å². The SMILES string of the molecule is O=C(O)C1CCCN(c2nc3ccc([N+](=O)[O-])cc3[nH]2)C1. The summed E-state index contributed by atoms with van der Waals surface area (Å²) >= 11 is 0. The highest BCUT2D eigenvalue weighted by molar-refractivity contribution is 5.80. The van der Waals surface area contributed by atoms with Gasteiger partial charge in [-0.15, -0.1) is 0 Å². The van der Waals surface area contributed by atoms with Crippen LogP contribution in [0.3, 0.4) is 0 Å². The molecule has 0 aliphatic carbocycles. The number of nitrogens with one attached hydrogen (secondary N) is 1. The molecule has 1 aliphatic rings. The van der Waals surface area contributed by atoms with E-state index in [-0.39, 0.29) is 5.69 Å². The summed E-state index contributed by atoms with van der Waals surface area (Å²) in [4.78, 5) is 30.7. The largest absolute Gasteiger partial charge is 0.481 e. The van der Waals surface area contributed by atoms with Crippen molar-refractivity contribution in [2.24, 2.45) is 5.92 Å². The van der Waals surface area contributed by atoms with Crippen molar-refractivity contribution in [2.45, 2.75) is 12.8 Å². The number of aromatic nitrogens is 2. The molecule has 8 heteroatoms. The van der Waals surface area contributed by atoms with E-state index in [4.69, 9.17) is 5.11 Å². The van der Waals surface area contributed by atoms with Gasteiger partial charge in [0.25, 0.3) is 5.69 Å². The van der Waals surface area contributed by atoms with Gasteiger partial charge in [-0.3, -0.25) is 14.9 Å². The number of nitrogens with zero attached hydrogens (tertiary/aromatic N) is 3. The van der Waals surface area contributed by atoms with Crippen molar-refractivity contribution in [1.82, 2.24) is 9.97 Å². The van der Waals surface area contributed by atoms with E-state index in [0.29, 0.717) is 29.9 Å². The number of H-pyrrole nitrogens is 1. The van der Waals surface area contributed by atoms with Crippen LogP contribution >= 0.6 is 0 Å². The molecule has 0 saturated carbocycles. The lowest BCUT2D eigenvalue weighted by Gasteiger charge is -2.30. The van der Waals surface area contributed by atoms with Gasteiger partial charge < -0.3 is 15.0 Å². The van der Waals surface area contributed by atoms with Crippen LogP contribution in [-0.2, 0) is 4.79 Å². The fourth-order valence-corrected chi connectivity index (χ4v) is 2.62. The van der Waals surface area contributed by atoms with Crippen molar-refractivity contribution in [2.75, 3.05) is 18.0 Å². The van der Waals surface area contributed by atoms with E-state index in [2.05, 4.69) is 9.97 Å². The molecule has 1 fully saturated rings. The molecule has 1 aromatic heterocycles. The number of fused-ring (bicyclic) bond motifs is 1. The molecule has 0 radical (unpaired) electrons. The average Bonchev–Trinajstić information content (AvgIpc) is 2.90. The normalized spacial score (nSPS) is 18.9. The van der Waals surface area contributed by atoms with Crippen LogP contribution in [0.4, 0.5) is 11.6 Å². The van der Waals surface area contributed by atoms with E-state index >= 15 is 0 Å². The second-order valence-electron chi connectivity index (χ2n) is 5.14. The highest BCUT2D eigenvalue weighted by Gasteiger charge is 2.27. The third kappa shape index (κ3) is 2.51. The Morgan fingerprint density at radius 3 is 3.05 bits per heavy atom. The minimum Gasteiger partial charge on any atom is -0.481 e. The van der Waals surface area contributed by atoms with Gasteiger partial charge in [0.1, 0.15) is 0 Å². The van der Waals surface area contributed by atoms with Crippen LogP contribution in [0, 0.1) is 16.0 Å². The Hall–Kier alpha value is -2.64. The van der Waals surface area contributed by atoms with Gasteiger partial charge in [-0.2, -0.15) is 0 Å². The zero-order chi connectivity index (χ0) is 15.0. The van der Waals surface area contributed by atoms with Crippen LogP contribution in [0.25, 0.3) is 11.0 Å². The number of non-ortho nitro benzene ring substituents is 1. The maximum atomic E-state index is 11.1. The third-order valence-corrected chi connectivity index (χ3v) is 3.73. The standard InChI is InChI=1S/C13H14N4O4/c18-12(19)8-2-1-5-16(7-8)13-14-10-4-3-9(17(20)21)6-11(10)15-13/h3-4,6,8H,1-2,5,7H2,(H,14,15)(H,18,19). The van der Waals surface area contributed by atoms with E-state index in [1.807, 2.05) is 4.90 Å². The van der Waals surface area contributed by atoms with Gasteiger partial charge in [0, 0.05) is 25.2 Å². The summed E-state index contributed by atoms with van der Waals surface area (Å²) in [5.41, 5.74) is 1.21. The first-order valence-electron chi connectivity index (χ1n) is 6.66. The smallest absolute Gasteiger partial charge is 0.308 e. The number of nitro benzene ring substituents is 1. The Kier molecular flexibility index (Phi) is 3.20. The minimum atomic E-state index is -0.800. The number of carboxylic acids is 1. The molecular formula is C13H14N4O4. The molecule has 1 aliphatic heterocycles. The molecular weight excluding hydrogens is 276 g/mol. The molecule has 2 heterocycles. The molecule has 1 unspecified atom stereocenters. The Morgan fingerprint density at radius 1 is 1.52 bits per heavy atom. The maximum Gasteiger partial charge on any atom is 0.308 e. The number of aromatic amines is 1.